The van der Waals surface area contributed by atoms with E-state index >= 15 is 0 Å². The second kappa shape index (κ2) is 5.88. The van der Waals surface area contributed by atoms with Gasteiger partial charge in [-0.1, -0.05) is 6.92 Å². The Kier molecular flexibility index (Phi) is 3.67. The molecule has 1 fully saturated rings. The minimum atomic E-state index is -0.932. The van der Waals surface area contributed by atoms with E-state index in [9.17, 15) is 9.90 Å². The Morgan fingerprint density at radius 1 is 1.32 bits per heavy atom. The number of hydrogen-bond acceptors (Lipinski definition) is 4. The van der Waals surface area contributed by atoms with Gasteiger partial charge in [0.2, 0.25) is 0 Å². The number of ether oxygens (including phenoxy) is 1. The van der Waals surface area contributed by atoms with Crippen LogP contribution in [0.3, 0.4) is 0 Å². The minimum absolute atomic E-state index is 0.295. The lowest BCUT2D eigenvalue weighted by Gasteiger charge is -2.06. The standard InChI is InChI=1S/C19H19N3O3/c1-3-12-10-15(19(23)24)16-17(11-4-5-11)21-22(18(16)20-12)13-6-8-14(25-2)9-7-13/h6-11H,3-5H2,1-2H3,(H,23,24). The Bertz CT molecular complexity index is 956. The molecule has 0 aliphatic heterocycles. The van der Waals surface area contributed by atoms with E-state index in [1.165, 1.54) is 0 Å². The number of carbonyl (C=O) groups is 1. The number of aromatic carboxylic acids is 1. The zero-order valence-corrected chi connectivity index (χ0v) is 14.2. The van der Waals surface area contributed by atoms with Crippen molar-refractivity contribution < 1.29 is 14.6 Å². The molecule has 25 heavy (non-hydrogen) atoms. The van der Waals surface area contributed by atoms with Crippen LogP contribution < -0.4 is 4.74 Å². The highest BCUT2D eigenvalue weighted by Crippen LogP contribution is 2.43. The molecule has 1 saturated carbocycles. The summed E-state index contributed by atoms with van der Waals surface area (Å²) in [5.41, 5.74) is 3.35. The van der Waals surface area contributed by atoms with Gasteiger partial charge in [0.1, 0.15) is 5.75 Å². The molecule has 1 aromatic carbocycles. The molecule has 6 heteroatoms. The van der Waals surface area contributed by atoms with Crippen molar-refractivity contribution in [2.45, 2.75) is 32.1 Å². The van der Waals surface area contributed by atoms with Gasteiger partial charge in [-0.15, -0.1) is 0 Å². The van der Waals surface area contributed by atoms with Crippen LogP contribution >= 0.6 is 0 Å². The van der Waals surface area contributed by atoms with Gasteiger partial charge < -0.3 is 9.84 Å². The quantitative estimate of drug-likeness (QED) is 0.770. The highest BCUT2D eigenvalue weighted by atomic mass is 16.5. The van der Waals surface area contributed by atoms with Crippen molar-refractivity contribution in [2.75, 3.05) is 7.11 Å². The first-order valence-corrected chi connectivity index (χ1v) is 8.42. The van der Waals surface area contributed by atoms with Crippen molar-refractivity contribution >= 4 is 17.0 Å². The summed E-state index contributed by atoms with van der Waals surface area (Å²) < 4.78 is 6.97. The van der Waals surface area contributed by atoms with Gasteiger partial charge in [-0.05, 0) is 49.6 Å². The third-order valence-corrected chi connectivity index (χ3v) is 4.59. The number of pyridine rings is 1. The second-order valence-corrected chi connectivity index (χ2v) is 6.29. The van der Waals surface area contributed by atoms with Gasteiger partial charge in [-0.2, -0.15) is 5.10 Å². The monoisotopic (exact) mass is 337 g/mol. The number of aromatic nitrogens is 3. The number of methoxy groups -OCH3 is 1. The number of carboxylic acids is 1. The van der Waals surface area contributed by atoms with Crippen molar-refractivity contribution in [1.82, 2.24) is 14.8 Å². The fourth-order valence-electron chi connectivity index (χ4n) is 3.09. The molecule has 2 aromatic heterocycles. The zero-order valence-electron chi connectivity index (χ0n) is 14.2. The van der Waals surface area contributed by atoms with Gasteiger partial charge >= 0.3 is 5.97 Å². The summed E-state index contributed by atoms with van der Waals surface area (Å²) in [6.45, 7) is 1.97. The molecule has 128 valence electrons. The molecule has 4 rings (SSSR count). The van der Waals surface area contributed by atoms with Crippen molar-refractivity contribution in [3.63, 3.8) is 0 Å². The summed E-state index contributed by atoms with van der Waals surface area (Å²) in [6.07, 6.45) is 2.76. The summed E-state index contributed by atoms with van der Waals surface area (Å²) in [5, 5.41) is 15.1. The number of fused-ring (bicyclic) bond motifs is 1. The first-order chi connectivity index (χ1) is 12.1. The lowest BCUT2D eigenvalue weighted by molar-refractivity contribution is 0.0698. The number of rotatable bonds is 5. The second-order valence-electron chi connectivity index (χ2n) is 6.29. The first-order valence-electron chi connectivity index (χ1n) is 8.42. The van der Waals surface area contributed by atoms with E-state index in [4.69, 9.17) is 14.8 Å². The average molecular weight is 337 g/mol. The molecule has 3 aromatic rings. The van der Waals surface area contributed by atoms with E-state index in [2.05, 4.69) is 0 Å². The first kappa shape index (κ1) is 15.6. The maximum absolute atomic E-state index is 11.8. The fourth-order valence-corrected chi connectivity index (χ4v) is 3.09. The van der Waals surface area contributed by atoms with E-state index in [1.807, 2.05) is 31.2 Å². The molecule has 0 unspecified atom stereocenters. The number of carboxylic acid groups (broad SMARTS) is 1. The molecule has 0 saturated heterocycles. The van der Waals surface area contributed by atoms with Gasteiger partial charge in [0.15, 0.2) is 5.65 Å². The molecule has 0 radical (unpaired) electrons. The Morgan fingerprint density at radius 3 is 2.60 bits per heavy atom. The minimum Gasteiger partial charge on any atom is -0.497 e. The molecule has 0 bridgehead atoms. The molecule has 0 atom stereocenters. The summed E-state index contributed by atoms with van der Waals surface area (Å²) >= 11 is 0. The number of aryl methyl sites for hydroxylation is 1. The van der Waals surface area contributed by atoms with Gasteiger partial charge in [0, 0.05) is 11.6 Å². The van der Waals surface area contributed by atoms with Crippen molar-refractivity contribution in [2.24, 2.45) is 0 Å². The van der Waals surface area contributed by atoms with E-state index < -0.39 is 5.97 Å². The largest absolute Gasteiger partial charge is 0.497 e. The topological polar surface area (TPSA) is 77.2 Å². The van der Waals surface area contributed by atoms with E-state index in [0.29, 0.717) is 28.9 Å². The van der Waals surface area contributed by atoms with Crippen LogP contribution in [0.25, 0.3) is 16.7 Å². The number of benzene rings is 1. The average Bonchev–Trinajstić information content (AvgIpc) is 3.41. The van der Waals surface area contributed by atoms with Gasteiger partial charge in [0.25, 0.3) is 0 Å². The van der Waals surface area contributed by atoms with Crippen LogP contribution in [-0.4, -0.2) is 33.0 Å². The lowest BCUT2D eigenvalue weighted by atomic mass is 10.1. The molecule has 0 amide bonds. The third kappa shape index (κ3) is 2.63. The maximum atomic E-state index is 11.8. The summed E-state index contributed by atoms with van der Waals surface area (Å²) in [7, 11) is 1.62. The van der Waals surface area contributed by atoms with Gasteiger partial charge in [-0.3, -0.25) is 0 Å². The molecular weight excluding hydrogens is 318 g/mol. The molecule has 2 heterocycles. The van der Waals surface area contributed by atoms with Crippen LogP contribution in [0.15, 0.2) is 30.3 Å². The van der Waals surface area contributed by atoms with Crippen LogP contribution in [0.5, 0.6) is 5.75 Å². The van der Waals surface area contributed by atoms with Crippen LogP contribution in [0, 0.1) is 0 Å². The molecular formula is C19H19N3O3. The van der Waals surface area contributed by atoms with Crippen LogP contribution in [0.2, 0.25) is 0 Å². The number of hydrogen-bond donors (Lipinski definition) is 1. The molecule has 1 aliphatic carbocycles. The Morgan fingerprint density at radius 2 is 2.04 bits per heavy atom. The van der Waals surface area contributed by atoms with Gasteiger partial charge in [0.05, 0.1) is 29.4 Å². The Balaban J connectivity index is 2.00. The highest BCUT2D eigenvalue weighted by Gasteiger charge is 2.32. The molecule has 1 aliphatic rings. The smallest absolute Gasteiger partial charge is 0.336 e. The van der Waals surface area contributed by atoms with Crippen molar-refractivity contribution in [1.29, 1.82) is 0 Å². The highest BCUT2D eigenvalue weighted by molar-refractivity contribution is 6.03. The van der Waals surface area contributed by atoms with Gasteiger partial charge in [-0.25, -0.2) is 14.5 Å². The summed E-state index contributed by atoms with van der Waals surface area (Å²) in [4.78, 5) is 16.5. The number of nitrogens with zero attached hydrogens (tertiary/aromatic N) is 3. The van der Waals surface area contributed by atoms with Crippen LogP contribution in [0.1, 0.15) is 47.4 Å². The predicted octanol–water partition coefficient (Wildman–Crippen LogP) is 3.57. The summed E-state index contributed by atoms with van der Waals surface area (Å²) in [6, 6.07) is 9.21. The van der Waals surface area contributed by atoms with E-state index in [1.54, 1.807) is 17.9 Å². The molecule has 0 spiro atoms. The SMILES string of the molecule is CCc1cc(C(=O)O)c2c(C3CC3)nn(-c3ccc(OC)cc3)c2n1. The third-order valence-electron chi connectivity index (χ3n) is 4.59. The van der Waals surface area contributed by atoms with Crippen LogP contribution in [0.4, 0.5) is 0 Å². The Hall–Kier alpha value is -2.89. The Labute approximate surface area is 145 Å². The summed E-state index contributed by atoms with van der Waals surface area (Å²) in [5.74, 6) is 0.156. The van der Waals surface area contributed by atoms with E-state index in [-0.39, 0.29) is 0 Å². The molecule has 1 N–H and O–H groups in total. The lowest BCUT2D eigenvalue weighted by Crippen LogP contribution is -2.03. The van der Waals surface area contributed by atoms with Crippen LogP contribution in [-0.2, 0) is 6.42 Å². The van der Waals surface area contributed by atoms with Crippen molar-refractivity contribution in [3.05, 3.63) is 47.3 Å². The molecule has 6 nitrogen and oxygen atoms in total. The van der Waals surface area contributed by atoms with E-state index in [0.717, 1.165) is 35.7 Å². The normalized spacial score (nSPS) is 14.0. The van der Waals surface area contributed by atoms with Crippen molar-refractivity contribution in [3.8, 4) is 11.4 Å². The zero-order chi connectivity index (χ0) is 17.6. The fraction of sp³-hybridized carbons (Fsp3) is 0.316. The maximum Gasteiger partial charge on any atom is 0.336 e. The predicted molar refractivity (Wildman–Crippen MR) is 93.7 cm³/mol.